The molecule has 0 aliphatic carbocycles. The van der Waals surface area contributed by atoms with Gasteiger partial charge in [0.25, 0.3) is 0 Å². The lowest BCUT2D eigenvalue weighted by atomic mass is 10.00. The molecule has 1 unspecified atom stereocenters. The van der Waals surface area contributed by atoms with E-state index in [1.165, 1.54) is 11.8 Å². The molecule has 21 heavy (non-hydrogen) atoms. The van der Waals surface area contributed by atoms with Crippen LogP contribution in [0.2, 0.25) is 5.02 Å². The van der Waals surface area contributed by atoms with Gasteiger partial charge < -0.3 is 0 Å². The summed E-state index contributed by atoms with van der Waals surface area (Å²) >= 11 is 7.55. The number of thioether (sulfide) groups is 1. The minimum atomic E-state index is 0.106. The van der Waals surface area contributed by atoms with Crippen molar-refractivity contribution < 1.29 is 0 Å². The third kappa shape index (κ3) is 4.35. The Morgan fingerprint density at radius 2 is 2.00 bits per heavy atom. The van der Waals surface area contributed by atoms with E-state index in [4.69, 9.17) is 17.0 Å². The van der Waals surface area contributed by atoms with Gasteiger partial charge in [0.05, 0.1) is 16.7 Å². The summed E-state index contributed by atoms with van der Waals surface area (Å²) in [5.41, 5.74) is 2.72. The Balaban J connectivity index is 2.34. The number of hydrogen-bond donors (Lipinski definition) is 1. The molecule has 0 aromatic heterocycles. The maximum Gasteiger partial charge on any atom is 0.0994 e. The lowest BCUT2D eigenvalue weighted by molar-refractivity contribution is 0.933. The van der Waals surface area contributed by atoms with Crippen molar-refractivity contribution in [3.63, 3.8) is 0 Å². The molecule has 0 saturated carbocycles. The summed E-state index contributed by atoms with van der Waals surface area (Å²) in [6, 6.07) is 17.6. The van der Waals surface area contributed by atoms with Crippen LogP contribution in [0.3, 0.4) is 0 Å². The van der Waals surface area contributed by atoms with Gasteiger partial charge >= 0.3 is 0 Å². The van der Waals surface area contributed by atoms with Crippen LogP contribution in [0.5, 0.6) is 0 Å². The van der Waals surface area contributed by atoms with E-state index < -0.39 is 0 Å². The van der Waals surface area contributed by atoms with Gasteiger partial charge in [-0.1, -0.05) is 41.9 Å². The summed E-state index contributed by atoms with van der Waals surface area (Å²) in [5.74, 6) is 0. The van der Waals surface area contributed by atoms with Crippen LogP contribution in [0.1, 0.15) is 28.9 Å². The van der Waals surface area contributed by atoms with E-state index >= 15 is 0 Å². The average molecular weight is 315 g/mol. The second-order valence-corrected chi connectivity index (χ2v) is 6.54. The largest absolute Gasteiger partial charge is 0.299 e. The summed E-state index contributed by atoms with van der Waals surface area (Å²) < 4.78 is 0. The molecule has 2 rings (SSSR count). The monoisotopic (exact) mass is 314 g/mol. The standard InChI is InChI=1S/C17H15ClN2S/c1-12(20)21-17(13-5-3-2-4-6-13)10-15-9-16(18)8-7-14(15)11-19/h2-9,17,20H,10H2,1H3. The van der Waals surface area contributed by atoms with E-state index in [0.717, 1.165) is 11.1 Å². The van der Waals surface area contributed by atoms with Crippen LogP contribution in [0.4, 0.5) is 0 Å². The van der Waals surface area contributed by atoms with Crippen LogP contribution in [0, 0.1) is 16.7 Å². The molecule has 1 N–H and O–H groups in total. The van der Waals surface area contributed by atoms with Gasteiger partial charge in [-0.05, 0) is 42.7 Å². The van der Waals surface area contributed by atoms with Gasteiger partial charge in [0.15, 0.2) is 0 Å². The van der Waals surface area contributed by atoms with E-state index in [9.17, 15) is 5.26 Å². The normalized spacial score (nSPS) is 11.7. The Hall–Kier alpha value is -1.76. The first-order chi connectivity index (χ1) is 10.1. The zero-order chi connectivity index (χ0) is 15.2. The molecule has 4 heteroatoms. The molecule has 2 aromatic rings. The lowest BCUT2D eigenvalue weighted by Gasteiger charge is -2.17. The zero-order valence-electron chi connectivity index (χ0n) is 11.6. The molecule has 2 nitrogen and oxygen atoms in total. The molecular weight excluding hydrogens is 300 g/mol. The topological polar surface area (TPSA) is 47.6 Å². The van der Waals surface area contributed by atoms with Crippen molar-refractivity contribution >= 4 is 28.4 Å². The molecule has 0 heterocycles. The van der Waals surface area contributed by atoms with E-state index in [2.05, 4.69) is 18.2 Å². The van der Waals surface area contributed by atoms with Gasteiger partial charge in [-0.25, -0.2) is 0 Å². The molecule has 0 fully saturated rings. The molecule has 0 amide bonds. The Bertz CT molecular complexity index is 677. The predicted octanol–water partition coefficient (Wildman–Crippen LogP) is 5.23. The third-order valence-corrected chi connectivity index (χ3v) is 4.40. The predicted molar refractivity (Wildman–Crippen MR) is 90.0 cm³/mol. The van der Waals surface area contributed by atoms with Crippen LogP contribution >= 0.6 is 23.4 Å². The highest BCUT2D eigenvalue weighted by molar-refractivity contribution is 8.13. The van der Waals surface area contributed by atoms with Crippen molar-refractivity contribution in [3.05, 3.63) is 70.2 Å². The van der Waals surface area contributed by atoms with E-state index in [0.29, 0.717) is 22.1 Å². The molecule has 0 saturated heterocycles. The Morgan fingerprint density at radius 1 is 1.29 bits per heavy atom. The second-order valence-electron chi connectivity index (χ2n) is 4.69. The minimum absolute atomic E-state index is 0.106. The van der Waals surface area contributed by atoms with Crippen LogP contribution in [0.15, 0.2) is 48.5 Å². The molecule has 0 radical (unpaired) electrons. The fraction of sp³-hybridized carbons (Fsp3) is 0.176. The van der Waals surface area contributed by atoms with Gasteiger partial charge in [0.2, 0.25) is 0 Å². The number of nitriles is 1. The van der Waals surface area contributed by atoms with Gasteiger partial charge in [0, 0.05) is 10.3 Å². The maximum atomic E-state index is 9.23. The van der Waals surface area contributed by atoms with Gasteiger partial charge in [-0.3, -0.25) is 5.41 Å². The molecule has 0 aliphatic rings. The van der Waals surface area contributed by atoms with Gasteiger partial charge in [-0.15, -0.1) is 11.8 Å². The van der Waals surface area contributed by atoms with Gasteiger partial charge in [0.1, 0.15) is 0 Å². The highest BCUT2D eigenvalue weighted by atomic mass is 35.5. The molecule has 1 atom stereocenters. The van der Waals surface area contributed by atoms with E-state index in [1.54, 1.807) is 19.1 Å². The van der Waals surface area contributed by atoms with Crippen LogP contribution in [-0.2, 0) is 6.42 Å². The summed E-state index contributed by atoms with van der Waals surface area (Å²) in [4.78, 5) is 0. The summed E-state index contributed by atoms with van der Waals surface area (Å²) in [6.07, 6.45) is 0.675. The summed E-state index contributed by atoms with van der Waals surface area (Å²) in [5, 5.41) is 18.3. The average Bonchev–Trinajstić information content (AvgIpc) is 2.47. The lowest BCUT2D eigenvalue weighted by Crippen LogP contribution is -2.03. The fourth-order valence-electron chi connectivity index (χ4n) is 2.15. The van der Waals surface area contributed by atoms with Crippen molar-refractivity contribution in [2.45, 2.75) is 18.6 Å². The quantitative estimate of drug-likeness (QED) is 0.620. The Labute approximate surface area is 134 Å². The van der Waals surface area contributed by atoms with Crippen molar-refractivity contribution in [3.8, 4) is 6.07 Å². The van der Waals surface area contributed by atoms with Gasteiger partial charge in [-0.2, -0.15) is 5.26 Å². The Kier molecular flexibility index (Phi) is 5.44. The molecule has 0 aliphatic heterocycles. The fourth-order valence-corrected chi connectivity index (χ4v) is 3.33. The summed E-state index contributed by atoms with van der Waals surface area (Å²) in [7, 11) is 0. The molecule has 0 bridgehead atoms. The number of halogens is 1. The number of nitrogens with one attached hydrogen (secondary N) is 1. The van der Waals surface area contributed by atoms with Crippen LogP contribution in [0.25, 0.3) is 0 Å². The van der Waals surface area contributed by atoms with E-state index in [-0.39, 0.29) is 5.25 Å². The number of benzene rings is 2. The molecular formula is C17H15ClN2S. The SMILES string of the molecule is CC(=N)SC(Cc1cc(Cl)ccc1C#N)c1ccccc1. The first kappa shape index (κ1) is 15.6. The van der Waals surface area contributed by atoms with Crippen LogP contribution < -0.4 is 0 Å². The molecule has 2 aromatic carbocycles. The van der Waals surface area contributed by atoms with Crippen molar-refractivity contribution in [2.24, 2.45) is 0 Å². The number of rotatable bonds is 4. The second kappa shape index (κ2) is 7.31. The Morgan fingerprint density at radius 3 is 2.62 bits per heavy atom. The molecule has 106 valence electrons. The summed E-state index contributed by atoms with van der Waals surface area (Å²) in [6.45, 7) is 1.78. The first-order valence-corrected chi connectivity index (χ1v) is 7.81. The molecule has 0 spiro atoms. The first-order valence-electron chi connectivity index (χ1n) is 6.55. The zero-order valence-corrected chi connectivity index (χ0v) is 13.2. The maximum absolute atomic E-state index is 9.23. The van der Waals surface area contributed by atoms with E-state index in [1.807, 2.05) is 24.3 Å². The number of hydrogen-bond acceptors (Lipinski definition) is 3. The van der Waals surface area contributed by atoms with Crippen molar-refractivity contribution in [1.29, 1.82) is 10.7 Å². The third-order valence-electron chi connectivity index (χ3n) is 3.08. The highest BCUT2D eigenvalue weighted by Crippen LogP contribution is 2.34. The van der Waals surface area contributed by atoms with Crippen molar-refractivity contribution in [1.82, 2.24) is 0 Å². The smallest absolute Gasteiger partial charge is 0.0994 e. The highest BCUT2D eigenvalue weighted by Gasteiger charge is 2.16. The number of nitrogens with zero attached hydrogens (tertiary/aromatic N) is 1. The van der Waals surface area contributed by atoms with Crippen molar-refractivity contribution in [2.75, 3.05) is 0 Å². The van der Waals surface area contributed by atoms with Crippen LogP contribution in [-0.4, -0.2) is 5.04 Å². The minimum Gasteiger partial charge on any atom is -0.299 e.